The topological polar surface area (TPSA) is 62.5 Å². The molecule has 2 atom stereocenters. The summed E-state index contributed by atoms with van der Waals surface area (Å²) in [6, 6.07) is 3.94. The van der Waals surface area contributed by atoms with Crippen LogP contribution in [-0.4, -0.2) is 32.4 Å². The van der Waals surface area contributed by atoms with E-state index in [1.165, 1.54) is 0 Å². The minimum absolute atomic E-state index is 0.121. The van der Waals surface area contributed by atoms with E-state index in [0.29, 0.717) is 5.95 Å². The number of halogens is 1. The fourth-order valence-corrected chi connectivity index (χ4v) is 1.86. The van der Waals surface area contributed by atoms with Crippen LogP contribution in [0.2, 0.25) is 0 Å². The number of aliphatic hydroxyl groups excluding tert-OH is 1. The quantitative estimate of drug-likeness (QED) is 0.905. The summed E-state index contributed by atoms with van der Waals surface area (Å²) < 4.78 is 2.62. The molecular weight excluding hydrogens is 284 g/mol. The number of nitrogens with one attached hydrogen (secondary N) is 1. The maximum Gasteiger partial charge on any atom is 0.243 e. The Morgan fingerprint density at radius 1 is 1.53 bits per heavy atom. The van der Waals surface area contributed by atoms with Gasteiger partial charge in [0, 0.05) is 18.8 Å². The Hall–Kier alpha value is -1.14. The van der Waals surface area contributed by atoms with Crippen molar-refractivity contribution in [3.63, 3.8) is 0 Å². The number of anilines is 1. The van der Waals surface area contributed by atoms with Crippen LogP contribution in [0.5, 0.6) is 0 Å². The Labute approximate surface area is 108 Å². The maximum atomic E-state index is 9.07. The number of aromatic nitrogens is 3. The van der Waals surface area contributed by atoms with Crippen molar-refractivity contribution in [1.82, 2.24) is 14.6 Å². The van der Waals surface area contributed by atoms with Crippen molar-refractivity contribution >= 4 is 27.5 Å². The highest BCUT2D eigenvalue weighted by atomic mass is 79.9. The molecule has 5 nitrogen and oxygen atoms in total. The molecule has 0 saturated carbocycles. The molecule has 2 aromatic heterocycles. The van der Waals surface area contributed by atoms with E-state index in [1.54, 1.807) is 4.52 Å². The molecule has 6 heteroatoms. The molecule has 0 spiro atoms. The highest BCUT2D eigenvalue weighted by Crippen LogP contribution is 2.17. The largest absolute Gasteiger partial charge is 0.396 e. The van der Waals surface area contributed by atoms with Crippen LogP contribution in [0.25, 0.3) is 5.65 Å². The van der Waals surface area contributed by atoms with Gasteiger partial charge in [0.05, 0.1) is 4.47 Å². The first-order valence-corrected chi connectivity index (χ1v) is 6.29. The molecule has 0 aromatic carbocycles. The second-order valence-electron chi connectivity index (χ2n) is 4.15. The van der Waals surface area contributed by atoms with Crippen molar-refractivity contribution < 1.29 is 5.11 Å². The zero-order chi connectivity index (χ0) is 12.4. The number of pyridine rings is 1. The van der Waals surface area contributed by atoms with Crippen LogP contribution >= 0.6 is 15.9 Å². The van der Waals surface area contributed by atoms with Crippen LogP contribution in [0.3, 0.4) is 0 Å². The molecule has 0 fully saturated rings. The zero-order valence-corrected chi connectivity index (χ0v) is 11.3. The standard InChI is InChI=1S/C11H15BrN4O/c1-7(6-17)8(2)13-11-14-10-9(12)4-3-5-16(10)15-11/h3-5,7-8,17H,6H2,1-2H3,(H,13,15). The average molecular weight is 299 g/mol. The second-order valence-corrected chi connectivity index (χ2v) is 5.01. The minimum atomic E-state index is 0.121. The van der Waals surface area contributed by atoms with E-state index in [0.717, 1.165) is 10.1 Å². The van der Waals surface area contributed by atoms with Crippen molar-refractivity contribution in [2.45, 2.75) is 19.9 Å². The fraction of sp³-hybridized carbons (Fsp3) is 0.455. The number of nitrogens with zero attached hydrogens (tertiary/aromatic N) is 3. The fourth-order valence-electron chi connectivity index (χ4n) is 1.44. The lowest BCUT2D eigenvalue weighted by Crippen LogP contribution is -2.26. The number of rotatable bonds is 4. The van der Waals surface area contributed by atoms with Gasteiger partial charge in [0.1, 0.15) is 0 Å². The lowest BCUT2D eigenvalue weighted by atomic mass is 10.1. The molecular formula is C11H15BrN4O. The summed E-state index contributed by atoms with van der Waals surface area (Å²) in [5.74, 6) is 0.731. The van der Waals surface area contributed by atoms with Crippen LogP contribution in [0.15, 0.2) is 22.8 Å². The van der Waals surface area contributed by atoms with Gasteiger partial charge in [0.25, 0.3) is 0 Å². The first-order chi connectivity index (χ1) is 8.11. The predicted molar refractivity (Wildman–Crippen MR) is 70.0 cm³/mol. The van der Waals surface area contributed by atoms with Gasteiger partial charge in [-0.3, -0.25) is 0 Å². The van der Waals surface area contributed by atoms with Gasteiger partial charge in [-0.2, -0.15) is 4.98 Å². The molecule has 0 amide bonds. The third-order valence-electron chi connectivity index (χ3n) is 2.81. The van der Waals surface area contributed by atoms with E-state index in [9.17, 15) is 0 Å². The van der Waals surface area contributed by atoms with E-state index in [1.807, 2.05) is 32.2 Å². The van der Waals surface area contributed by atoms with Crippen molar-refractivity contribution in [1.29, 1.82) is 0 Å². The van der Waals surface area contributed by atoms with Gasteiger partial charge in [0.2, 0.25) is 5.95 Å². The molecule has 0 aliphatic heterocycles. The zero-order valence-electron chi connectivity index (χ0n) is 9.76. The first kappa shape index (κ1) is 12.3. The molecule has 0 aliphatic rings. The van der Waals surface area contributed by atoms with Crippen LogP contribution < -0.4 is 5.32 Å². The molecule has 17 heavy (non-hydrogen) atoms. The summed E-state index contributed by atoms with van der Waals surface area (Å²) in [6.45, 7) is 4.12. The van der Waals surface area contributed by atoms with Crippen LogP contribution in [-0.2, 0) is 0 Å². The van der Waals surface area contributed by atoms with Crippen molar-refractivity contribution in [3.8, 4) is 0 Å². The average Bonchev–Trinajstić information content (AvgIpc) is 2.72. The van der Waals surface area contributed by atoms with E-state index < -0.39 is 0 Å². The lowest BCUT2D eigenvalue weighted by Gasteiger charge is -2.17. The van der Waals surface area contributed by atoms with Gasteiger partial charge in [-0.25, -0.2) is 4.52 Å². The molecule has 0 saturated heterocycles. The number of hydrogen-bond acceptors (Lipinski definition) is 4. The Morgan fingerprint density at radius 3 is 2.94 bits per heavy atom. The number of fused-ring (bicyclic) bond motifs is 1. The van der Waals surface area contributed by atoms with Crippen LogP contribution in [0.1, 0.15) is 13.8 Å². The van der Waals surface area contributed by atoms with Crippen LogP contribution in [0, 0.1) is 5.92 Å². The summed E-state index contributed by atoms with van der Waals surface area (Å²) in [5.41, 5.74) is 0.777. The van der Waals surface area contributed by atoms with E-state index >= 15 is 0 Å². The van der Waals surface area contributed by atoms with Crippen molar-refractivity contribution in [2.75, 3.05) is 11.9 Å². The van der Waals surface area contributed by atoms with Gasteiger partial charge in [0.15, 0.2) is 5.65 Å². The smallest absolute Gasteiger partial charge is 0.243 e. The Kier molecular flexibility index (Phi) is 3.63. The highest BCUT2D eigenvalue weighted by molar-refractivity contribution is 9.10. The second kappa shape index (κ2) is 5.01. The van der Waals surface area contributed by atoms with Gasteiger partial charge in [-0.05, 0) is 40.9 Å². The Morgan fingerprint density at radius 2 is 2.29 bits per heavy atom. The lowest BCUT2D eigenvalue weighted by molar-refractivity contribution is 0.226. The highest BCUT2D eigenvalue weighted by Gasteiger charge is 2.13. The summed E-state index contributed by atoms with van der Waals surface area (Å²) in [5, 5.41) is 16.6. The maximum absolute atomic E-state index is 9.07. The first-order valence-electron chi connectivity index (χ1n) is 5.50. The summed E-state index contributed by atoms with van der Waals surface area (Å²) in [7, 11) is 0. The van der Waals surface area contributed by atoms with E-state index in [4.69, 9.17) is 5.11 Å². The molecule has 2 N–H and O–H groups in total. The third kappa shape index (κ3) is 2.58. The third-order valence-corrected chi connectivity index (χ3v) is 3.43. The SMILES string of the molecule is CC(CO)C(C)Nc1nc2c(Br)cccn2n1. The van der Waals surface area contributed by atoms with Gasteiger partial charge in [-0.15, -0.1) is 5.10 Å². The Bertz CT molecular complexity index is 513. The Balaban J connectivity index is 2.23. The van der Waals surface area contributed by atoms with Gasteiger partial charge in [-0.1, -0.05) is 6.92 Å². The molecule has 0 radical (unpaired) electrons. The van der Waals surface area contributed by atoms with Crippen molar-refractivity contribution in [2.24, 2.45) is 5.92 Å². The number of aliphatic hydroxyl groups is 1. The minimum Gasteiger partial charge on any atom is -0.396 e. The summed E-state index contributed by atoms with van der Waals surface area (Å²) in [6.07, 6.45) is 1.85. The molecule has 2 unspecified atom stereocenters. The molecule has 2 aromatic rings. The summed E-state index contributed by atoms with van der Waals surface area (Å²) >= 11 is 3.43. The molecule has 92 valence electrons. The van der Waals surface area contributed by atoms with Crippen LogP contribution in [0.4, 0.5) is 5.95 Å². The van der Waals surface area contributed by atoms with E-state index in [-0.39, 0.29) is 18.6 Å². The molecule has 0 aliphatic carbocycles. The van der Waals surface area contributed by atoms with E-state index in [2.05, 4.69) is 31.3 Å². The summed E-state index contributed by atoms with van der Waals surface area (Å²) in [4.78, 5) is 4.38. The van der Waals surface area contributed by atoms with Gasteiger partial charge >= 0.3 is 0 Å². The molecule has 2 heterocycles. The normalized spacial score (nSPS) is 14.8. The van der Waals surface area contributed by atoms with Crippen molar-refractivity contribution in [3.05, 3.63) is 22.8 Å². The monoisotopic (exact) mass is 298 g/mol. The predicted octanol–water partition coefficient (Wildman–Crippen LogP) is 1.92. The number of hydrogen-bond donors (Lipinski definition) is 2. The molecule has 2 rings (SSSR count). The molecule has 0 bridgehead atoms. The van der Waals surface area contributed by atoms with Gasteiger partial charge < -0.3 is 10.4 Å².